The second-order valence-electron chi connectivity index (χ2n) is 12.1. The molecule has 0 amide bonds. The number of rotatable bonds is 5. The summed E-state index contributed by atoms with van der Waals surface area (Å²) >= 11 is 0. The van der Waals surface area contributed by atoms with Crippen molar-refractivity contribution in [1.82, 2.24) is 4.90 Å². The molecule has 0 bridgehead atoms. The van der Waals surface area contributed by atoms with Crippen LogP contribution in [0.25, 0.3) is 0 Å². The molecule has 170 valence electrons. The minimum absolute atomic E-state index is 0.208. The van der Waals surface area contributed by atoms with Gasteiger partial charge in [-0.1, -0.05) is 67.0 Å². The predicted octanol–water partition coefficient (Wildman–Crippen LogP) is 7.23. The van der Waals surface area contributed by atoms with Crippen LogP contribution >= 0.6 is 0 Å². The molecule has 2 heteroatoms. The van der Waals surface area contributed by atoms with E-state index in [1.165, 1.54) is 76.8 Å². The molecule has 0 radical (unpaired) electrons. The van der Waals surface area contributed by atoms with Crippen LogP contribution in [0.15, 0.2) is 18.2 Å². The van der Waals surface area contributed by atoms with Crippen LogP contribution in [0.2, 0.25) is 0 Å². The Kier molecular flexibility index (Phi) is 7.59. The molecule has 2 aliphatic rings. The zero-order valence-electron chi connectivity index (χ0n) is 21.1. The first-order chi connectivity index (χ1) is 14.1. The van der Waals surface area contributed by atoms with Crippen LogP contribution in [0, 0.1) is 11.3 Å². The highest BCUT2D eigenvalue weighted by molar-refractivity contribution is 5.58. The molecule has 2 nitrogen and oxygen atoms in total. The van der Waals surface area contributed by atoms with Gasteiger partial charge in [-0.2, -0.15) is 0 Å². The quantitative estimate of drug-likeness (QED) is 0.503. The summed E-state index contributed by atoms with van der Waals surface area (Å²) in [6.07, 6.45) is 8.14. The van der Waals surface area contributed by atoms with Crippen LogP contribution in [-0.2, 0) is 5.41 Å². The highest BCUT2D eigenvalue weighted by Crippen LogP contribution is 2.45. The van der Waals surface area contributed by atoms with Gasteiger partial charge in [0.2, 0.25) is 0 Å². The molecule has 0 N–H and O–H groups in total. The Morgan fingerprint density at radius 1 is 0.867 bits per heavy atom. The summed E-state index contributed by atoms with van der Waals surface area (Å²) in [4.78, 5) is 5.38. The Hall–Kier alpha value is -1.02. The molecule has 0 spiro atoms. The minimum atomic E-state index is 0.208. The molecule has 1 saturated heterocycles. The highest BCUT2D eigenvalue weighted by Gasteiger charge is 2.32. The second-order valence-corrected chi connectivity index (χ2v) is 12.1. The van der Waals surface area contributed by atoms with Gasteiger partial charge in [-0.25, -0.2) is 0 Å². The molecule has 1 aromatic rings. The van der Waals surface area contributed by atoms with Crippen LogP contribution in [0.3, 0.4) is 0 Å². The maximum absolute atomic E-state index is 2.71. The topological polar surface area (TPSA) is 6.48 Å². The van der Waals surface area contributed by atoms with Crippen molar-refractivity contribution in [3.8, 4) is 0 Å². The van der Waals surface area contributed by atoms with Crippen molar-refractivity contribution < 1.29 is 0 Å². The van der Waals surface area contributed by atoms with E-state index in [0.29, 0.717) is 5.41 Å². The molecule has 30 heavy (non-hydrogen) atoms. The van der Waals surface area contributed by atoms with Gasteiger partial charge in [0, 0.05) is 31.9 Å². The molecule has 2 fully saturated rings. The van der Waals surface area contributed by atoms with Crippen LogP contribution in [0.4, 0.5) is 5.69 Å². The molecular formula is C28H48N2. The minimum Gasteiger partial charge on any atom is -0.369 e. The number of benzene rings is 1. The van der Waals surface area contributed by atoms with Gasteiger partial charge in [-0.05, 0) is 78.5 Å². The van der Waals surface area contributed by atoms with Gasteiger partial charge in [0.15, 0.2) is 0 Å². The van der Waals surface area contributed by atoms with Crippen molar-refractivity contribution in [3.05, 3.63) is 29.3 Å². The maximum Gasteiger partial charge on any atom is 0.0405 e. The van der Waals surface area contributed by atoms with Crippen molar-refractivity contribution in [1.29, 1.82) is 0 Å². The average Bonchev–Trinajstić information content (AvgIpc) is 2.71. The first-order valence-corrected chi connectivity index (χ1v) is 12.7. The fourth-order valence-electron chi connectivity index (χ4n) is 5.49. The third kappa shape index (κ3) is 5.81. The molecule has 1 aromatic carbocycles. The Morgan fingerprint density at radius 2 is 1.50 bits per heavy atom. The second kappa shape index (κ2) is 9.63. The lowest BCUT2D eigenvalue weighted by molar-refractivity contribution is 0.169. The van der Waals surface area contributed by atoms with Gasteiger partial charge in [0.1, 0.15) is 0 Å². The highest BCUT2D eigenvalue weighted by atomic mass is 15.3. The van der Waals surface area contributed by atoms with E-state index in [-0.39, 0.29) is 5.41 Å². The molecule has 1 aliphatic carbocycles. The first kappa shape index (κ1) is 23.6. The maximum atomic E-state index is 2.71. The molecule has 1 heterocycles. The van der Waals surface area contributed by atoms with Gasteiger partial charge < -0.3 is 4.90 Å². The molecular weight excluding hydrogens is 364 g/mol. The van der Waals surface area contributed by atoms with E-state index in [1.54, 1.807) is 11.3 Å². The lowest BCUT2D eigenvalue weighted by Gasteiger charge is -2.41. The number of anilines is 1. The number of unbranched alkanes of at least 4 members (excludes halogenated alkanes) is 1. The van der Waals surface area contributed by atoms with E-state index in [2.05, 4.69) is 76.5 Å². The van der Waals surface area contributed by atoms with E-state index < -0.39 is 0 Å². The number of hydrogen-bond donors (Lipinski definition) is 0. The van der Waals surface area contributed by atoms with Crippen molar-refractivity contribution in [2.45, 2.75) is 98.3 Å². The van der Waals surface area contributed by atoms with E-state index >= 15 is 0 Å². The van der Waals surface area contributed by atoms with Gasteiger partial charge in [0.25, 0.3) is 0 Å². The zero-order chi connectivity index (χ0) is 21.9. The normalized spacial score (nSPS) is 24.3. The lowest BCUT2D eigenvalue weighted by Crippen LogP contribution is -2.47. The van der Waals surface area contributed by atoms with E-state index in [1.807, 2.05) is 0 Å². The lowest BCUT2D eigenvalue weighted by atomic mass is 9.68. The fraction of sp³-hybridized carbons (Fsp3) is 0.786. The molecule has 3 rings (SSSR count). The first-order valence-electron chi connectivity index (χ1n) is 12.7. The van der Waals surface area contributed by atoms with Gasteiger partial charge in [0.05, 0.1) is 0 Å². The molecule has 1 saturated carbocycles. The Labute approximate surface area is 187 Å². The van der Waals surface area contributed by atoms with Crippen molar-refractivity contribution in [2.24, 2.45) is 11.3 Å². The Balaban J connectivity index is 1.79. The summed E-state index contributed by atoms with van der Waals surface area (Å²) in [7, 11) is 0. The van der Waals surface area contributed by atoms with E-state index in [4.69, 9.17) is 0 Å². The third-order valence-corrected chi connectivity index (χ3v) is 7.83. The van der Waals surface area contributed by atoms with Crippen LogP contribution in [0.1, 0.15) is 104 Å². The summed E-state index contributed by atoms with van der Waals surface area (Å²) in [5.41, 5.74) is 5.34. The van der Waals surface area contributed by atoms with E-state index in [9.17, 15) is 0 Å². The standard InChI is InChI=1S/C28H48N2/c1-8-9-16-29-17-19-30(20-18-29)26-21-24(28(5,6)7)14-15-25(26)22-10-12-23(13-11-22)27(2,3)4/h14-15,21-23H,8-13,16-20H2,1-7H3. The summed E-state index contributed by atoms with van der Waals surface area (Å²) < 4.78 is 0. The van der Waals surface area contributed by atoms with Crippen molar-refractivity contribution >= 4 is 5.69 Å². The fourth-order valence-corrected chi connectivity index (χ4v) is 5.49. The Bertz CT molecular complexity index is 663. The molecule has 0 aromatic heterocycles. The van der Waals surface area contributed by atoms with Crippen molar-refractivity contribution in [2.75, 3.05) is 37.6 Å². The van der Waals surface area contributed by atoms with Crippen LogP contribution in [0.5, 0.6) is 0 Å². The van der Waals surface area contributed by atoms with Crippen LogP contribution in [-0.4, -0.2) is 37.6 Å². The summed E-state index contributed by atoms with van der Waals surface area (Å²) in [5.74, 6) is 1.62. The zero-order valence-corrected chi connectivity index (χ0v) is 21.1. The van der Waals surface area contributed by atoms with E-state index in [0.717, 1.165) is 11.8 Å². The summed E-state index contributed by atoms with van der Waals surface area (Å²) in [5, 5.41) is 0. The molecule has 1 aliphatic heterocycles. The Morgan fingerprint density at radius 3 is 2.03 bits per heavy atom. The number of hydrogen-bond acceptors (Lipinski definition) is 2. The van der Waals surface area contributed by atoms with Gasteiger partial charge >= 0.3 is 0 Å². The number of piperazine rings is 1. The molecule has 0 atom stereocenters. The summed E-state index contributed by atoms with van der Waals surface area (Å²) in [6.45, 7) is 22.7. The molecule has 0 unspecified atom stereocenters. The van der Waals surface area contributed by atoms with Gasteiger partial charge in [-0.15, -0.1) is 0 Å². The van der Waals surface area contributed by atoms with Crippen molar-refractivity contribution in [3.63, 3.8) is 0 Å². The van der Waals surface area contributed by atoms with Crippen LogP contribution < -0.4 is 4.90 Å². The summed E-state index contributed by atoms with van der Waals surface area (Å²) in [6, 6.07) is 7.47. The smallest absolute Gasteiger partial charge is 0.0405 e. The average molecular weight is 413 g/mol. The largest absolute Gasteiger partial charge is 0.369 e. The monoisotopic (exact) mass is 412 g/mol. The SMILES string of the molecule is CCCCN1CCN(c2cc(C(C)(C)C)ccc2C2CCC(C(C)(C)C)CC2)CC1. The predicted molar refractivity (Wildman–Crippen MR) is 133 cm³/mol. The van der Waals surface area contributed by atoms with Gasteiger partial charge in [-0.3, -0.25) is 4.90 Å². The third-order valence-electron chi connectivity index (χ3n) is 7.83. The number of nitrogens with zero attached hydrogens (tertiary/aromatic N) is 2.